The first-order chi connectivity index (χ1) is 21.4. The third kappa shape index (κ3) is 5.21. The van der Waals surface area contributed by atoms with Crippen LogP contribution in [0, 0.1) is 34.5 Å². The normalized spacial score (nSPS) is 35.7. The van der Waals surface area contributed by atoms with Crippen molar-refractivity contribution in [3.8, 4) is 0 Å². The molecule has 0 amide bonds. The summed E-state index contributed by atoms with van der Waals surface area (Å²) in [6.07, 6.45) is 8.00. The quantitative estimate of drug-likeness (QED) is 0.243. The number of aromatic nitrogens is 1. The number of hydrogen-bond donors (Lipinski definition) is 3. The van der Waals surface area contributed by atoms with Gasteiger partial charge in [0.2, 0.25) is 0 Å². The average molecular weight is 648 g/mol. The van der Waals surface area contributed by atoms with Gasteiger partial charge in [-0.15, -0.1) is 11.3 Å². The van der Waals surface area contributed by atoms with Crippen LogP contribution in [0.25, 0.3) is 0 Å². The highest BCUT2D eigenvalue weighted by Gasteiger charge is 2.65. The Kier molecular flexibility index (Phi) is 9.03. The maximum absolute atomic E-state index is 12.1. The van der Waals surface area contributed by atoms with Gasteiger partial charge in [0.25, 0.3) is 8.32 Å². The molecule has 3 aromatic rings. The molecule has 7 heteroatoms. The third-order valence-electron chi connectivity index (χ3n) is 12.9. The second-order valence-electron chi connectivity index (χ2n) is 15.8. The standard InChI is InChI=1S/C38H53NO4SSi/c1-35(2,3)45(29-12-8-6-9-13-29,30-14-10-7-11-15-30)43-28-16-19-36(4,27(24-28)25-40)32-17-20-37(5)33(31(32)26-41)18-21-38(37,42)34-39-22-23-44-34/h6-15,22-23,27-28,31-33,40-42H,16-21,24-26H2,1-5H3/t27-,28+,31-,32?,33?,36+,37+,38-/m1/s1. The van der Waals surface area contributed by atoms with Crippen LogP contribution in [-0.4, -0.2) is 47.9 Å². The Morgan fingerprint density at radius 2 is 1.49 bits per heavy atom. The number of aliphatic hydroxyl groups is 3. The van der Waals surface area contributed by atoms with E-state index < -0.39 is 13.9 Å². The molecule has 244 valence electrons. The van der Waals surface area contributed by atoms with Crippen LogP contribution in [0.2, 0.25) is 5.04 Å². The maximum Gasteiger partial charge on any atom is 0.261 e. The van der Waals surface area contributed by atoms with Crippen molar-refractivity contribution in [3.05, 3.63) is 77.2 Å². The Bertz CT molecular complexity index is 1380. The van der Waals surface area contributed by atoms with Crippen LogP contribution in [0.15, 0.2) is 72.2 Å². The SMILES string of the molecule is CC(C)(C)[Si](O[C@H]1CC[C@](C)(C2CC[C@@]3(C)C(CC[C@@]3(O)c3nccs3)[C@@H]2CO)[C@@H](CO)C1)(c1ccccc1)c1ccccc1. The Labute approximate surface area is 275 Å². The monoisotopic (exact) mass is 647 g/mol. The van der Waals surface area contributed by atoms with Crippen LogP contribution in [-0.2, 0) is 10.0 Å². The third-order valence-corrected chi connectivity index (χ3v) is 18.9. The molecule has 0 aliphatic heterocycles. The zero-order valence-corrected chi connectivity index (χ0v) is 29.6. The van der Waals surface area contributed by atoms with E-state index in [1.165, 1.54) is 10.4 Å². The molecule has 3 aliphatic carbocycles. The second kappa shape index (κ2) is 12.3. The highest BCUT2D eigenvalue weighted by molar-refractivity contribution is 7.09. The molecule has 0 bridgehead atoms. The predicted octanol–water partition coefficient (Wildman–Crippen LogP) is 6.51. The largest absolute Gasteiger partial charge is 0.404 e. The van der Waals surface area contributed by atoms with Crippen LogP contribution in [0.5, 0.6) is 0 Å². The van der Waals surface area contributed by atoms with Crippen molar-refractivity contribution in [1.29, 1.82) is 0 Å². The van der Waals surface area contributed by atoms with Crippen molar-refractivity contribution in [3.63, 3.8) is 0 Å². The smallest absolute Gasteiger partial charge is 0.261 e. The fourth-order valence-corrected chi connectivity index (χ4v) is 16.0. The lowest BCUT2D eigenvalue weighted by Crippen LogP contribution is -2.68. The number of hydrogen-bond acceptors (Lipinski definition) is 6. The van der Waals surface area contributed by atoms with Gasteiger partial charge in [-0.05, 0) is 89.4 Å². The maximum atomic E-state index is 12.1. The van der Waals surface area contributed by atoms with Crippen molar-refractivity contribution >= 4 is 30.0 Å². The van der Waals surface area contributed by atoms with Crippen molar-refractivity contribution in [2.24, 2.45) is 34.5 Å². The minimum absolute atomic E-state index is 0.0458. The van der Waals surface area contributed by atoms with Gasteiger partial charge in [0.05, 0.1) is 0 Å². The number of aliphatic hydroxyl groups excluding tert-OH is 2. The molecule has 3 fully saturated rings. The zero-order chi connectivity index (χ0) is 32.1. The average Bonchev–Trinajstić information content (AvgIpc) is 3.68. The molecule has 0 spiro atoms. The van der Waals surface area contributed by atoms with Crippen LogP contribution in [0.1, 0.15) is 84.6 Å². The van der Waals surface area contributed by atoms with E-state index in [-0.39, 0.29) is 58.9 Å². The summed E-state index contributed by atoms with van der Waals surface area (Å²) < 4.78 is 7.58. The number of thiazole rings is 1. The van der Waals surface area contributed by atoms with Gasteiger partial charge in [0.1, 0.15) is 10.6 Å². The summed E-state index contributed by atoms with van der Waals surface area (Å²) >= 11 is 1.55. The van der Waals surface area contributed by atoms with E-state index in [2.05, 4.69) is 100 Å². The summed E-state index contributed by atoms with van der Waals surface area (Å²) in [5.74, 6) is 0.672. The minimum Gasteiger partial charge on any atom is -0.404 e. The van der Waals surface area contributed by atoms with E-state index in [1.54, 1.807) is 17.5 Å². The van der Waals surface area contributed by atoms with Gasteiger partial charge >= 0.3 is 0 Å². The molecule has 1 heterocycles. The summed E-state index contributed by atoms with van der Waals surface area (Å²) in [4.78, 5) is 4.57. The molecule has 3 aliphatic rings. The van der Waals surface area contributed by atoms with Crippen molar-refractivity contribution in [1.82, 2.24) is 4.98 Å². The van der Waals surface area contributed by atoms with Crippen LogP contribution < -0.4 is 10.4 Å². The van der Waals surface area contributed by atoms with Gasteiger partial charge in [-0.2, -0.15) is 0 Å². The Morgan fingerprint density at radius 3 is 2.02 bits per heavy atom. The molecule has 1 aromatic heterocycles. The van der Waals surface area contributed by atoms with E-state index in [4.69, 9.17) is 4.43 Å². The first kappa shape index (κ1) is 33.0. The first-order valence-corrected chi connectivity index (χ1v) is 19.9. The van der Waals surface area contributed by atoms with E-state index in [9.17, 15) is 15.3 Å². The molecular formula is C38H53NO4SSi. The van der Waals surface area contributed by atoms with Gasteiger partial charge in [-0.25, -0.2) is 4.98 Å². The lowest BCUT2D eigenvalue weighted by molar-refractivity contribution is -0.152. The van der Waals surface area contributed by atoms with Gasteiger partial charge < -0.3 is 19.7 Å². The zero-order valence-electron chi connectivity index (χ0n) is 27.8. The highest BCUT2D eigenvalue weighted by atomic mass is 32.1. The fraction of sp³-hybridized carbons (Fsp3) is 0.605. The van der Waals surface area contributed by atoms with Gasteiger partial charge in [-0.3, -0.25) is 0 Å². The number of nitrogens with zero attached hydrogens (tertiary/aromatic N) is 1. The molecule has 45 heavy (non-hydrogen) atoms. The molecule has 5 nitrogen and oxygen atoms in total. The van der Waals surface area contributed by atoms with Gasteiger partial charge in [0.15, 0.2) is 0 Å². The van der Waals surface area contributed by atoms with Crippen molar-refractivity contribution in [2.45, 2.75) is 96.3 Å². The van der Waals surface area contributed by atoms with E-state index in [0.717, 1.165) is 43.5 Å². The molecule has 6 rings (SSSR count). The Balaban J connectivity index is 1.29. The fourth-order valence-electron chi connectivity index (χ4n) is 10.4. The molecule has 3 saturated carbocycles. The predicted molar refractivity (Wildman–Crippen MR) is 185 cm³/mol. The van der Waals surface area contributed by atoms with E-state index in [1.807, 2.05) is 5.38 Å². The van der Waals surface area contributed by atoms with Crippen molar-refractivity contribution < 1.29 is 19.7 Å². The van der Waals surface area contributed by atoms with E-state index >= 15 is 0 Å². The van der Waals surface area contributed by atoms with Crippen LogP contribution in [0.3, 0.4) is 0 Å². The summed E-state index contributed by atoms with van der Waals surface area (Å²) in [7, 11) is -2.71. The molecule has 0 radical (unpaired) electrons. The molecule has 0 saturated heterocycles. The number of rotatable bonds is 8. The summed E-state index contributed by atoms with van der Waals surface area (Å²) in [5, 5.41) is 39.4. The summed E-state index contributed by atoms with van der Waals surface area (Å²) in [6.45, 7) is 11.8. The molecule has 2 aromatic carbocycles. The van der Waals surface area contributed by atoms with Gasteiger partial charge in [-0.1, -0.05) is 95.3 Å². The van der Waals surface area contributed by atoms with Crippen LogP contribution in [0.4, 0.5) is 0 Å². The van der Waals surface area contributed by atoms with E-state index in [0.29, 0.717) is 6.42 Å². The topological polar surface area (TPSA) is 82.8 Å². The highest BCUT2D eigenvalue weighted by Crippen LogP contribution is 2.67. The molecule has 3 N–H and O–H groups in total. The van der Waals surface area contributed by atoms with Gasteiger partial charge in [0, 0.05) is 36.3 Å². The lowest BCUT2D eigenvalue weighted by Gasteiger charge is -2.58. The molecular weight excluding hydrogens is 595 g/mol. The van der Waals surface area contributed by atoms with Crippen molar-refractivity contribution in [2.75, 3.05) is 13.2 Å². The summed E-state index contributed by atoms with van der Waals surface area (Å²) in [5.41, 5.74) is -1.37. The second-order valence-corrected chi connectivity index (χ2v) is 21.0. The Morgan fingerprint density at radius 1 is 0.867 bits per heavy atom. The molecule has 2 unspecified atom stereocenters. The Hall–Kier alpha value is -1.87. The molecule has 8 atom stereocenters. The van der Waals surface area contributed by atoms with Crippen LogP contribution >= 0.6 is 11.3 Å². The summed E-state index contributed by atoms with van der Waals surface area (Å²) in [6, 6.07) is 21.7. The number of fused-ring (bicyclic) bond motifs is 1. The minimum atomic E-state index is -2.71. The number of benzene rings is 2. The lowest BCUT2D eigenvalue weighted by atomic mass is 9.48. The first-order valence-electron chi connectivity index (χ1n) is 17.1.